The van der Waals surface area contributed by atoms with Crippen LogP contribution in [-0.4, -0.2) is 74.1 Å². The van der Waals surface area contributed by atoms with Gasteiger partial charge in [-0.25, -0.2) is 4.79 Å². The fourth-order valence-electron chi connectivity index (χ4n) is 3.59. The van der Waals surface area contributed by atoms with Gasteiger partial charge in [0.2, 0.25) is 0 Å². The number of amides is 2. The normalized spacial score (nSPS) is 14.8. The minimum Gasteiger partial charge on any atom is -0.457 e. The molecule has 164 valence electrons. The Morgan fingerprint density at radius 3 is 2.23 bits per heavy atom. The third-order valence-electron chi connectivity index (χ3n) is 5.77. The Balaban J connectivity index is 1.44. The van der Waals surface area contributed by atoms with Crippen LogP contribution >= 0.6 is 0 Å². The minimum atomic E-state index is -0.127. The fourth-order valence-corrected chi connectivity index (χ4v) is 3.59. The van der Waals surface area contributed by atoms with Crippen molar-refractivity contribution in [3.63, 3.8) is 0 Å². The average Bonchev–Trinajstić information content (AvgIpc) is 2.79. The predicted molar refractivity (Wildman–Crippen MR) is 122 cm³/mol. The maximum atomic E-state index is 12.5. The van der Waals surface area contributed by atoms with Crippen molar-refractivity contribution in [3.05, 3.63) is 54.1 Å². The lowest BCUT2D eigenvalue weighted by Gasteiger charge is -2.35. The Kier molecular flexibility index (Phi) is 7.88. The summed E-state index contributed by atoms with van der Waals surface area (Å²) in [6.45, 7) is 3.80. The molecule has 0 saturated carbocycles. The first-order valence-electron chi connectivity index (χ1n) is 10.6. The molecule has 0 aromatic heterocycles. The van der Waals surface area contributed by atoms with Crippen LogP contribution in [0.25, 0.3) is 0 Å². The van der Waals surface area contributed by atoms with Gasteiger partial charge in [0, 0.05) is 31.9 Å². The second kappa shape index (κ2) is 10.8. The van der Waals surface area contributed by atoms with Crippen molar-refractivity contribution < 1.29 is 9.53 Å². The molecule has 0 bridgehead atoms. The zero-order valence-corrected chi connectivity index (χ0v) is 18.5. The lowest BCUT2D eigenvalue weighted by atomic mass is 10.0. The van der Waals surface area contributed by atoms with E-state index < -0.39 is 0 Å². The number of carbonyl (C=O) groups is 1. The summed E-state index contributed by atoms with van der Waals surface area (Å²) in [5, 5.41) is 11.8. The number of likely N-dealkylation sites (N-methyl/N-ethyl adjacent to an activating group) is 2. The quantitative estimate of drug-likeness (QED) is 0.735. The summed E-state index contributed by atoms with van der Waals surface area (Å²) in [4.78, 5) is 19.0. The van der Waals surface area contributed by atoms with E-state index in [9.17, 15) is 4.79 Å². The predicted octanol–water partition coefficient (Wildman–Crippen LogP) is 3.84. The van der Waals surface area contributed by atoms with Gasteiger partial charge in [0.1, 0.15) is 11.5 Å². The maximum absolute atomic E-state index is 12.5. The van der Waals surface area contributed by atoms with Crippen molar-refractivity contribution in [2.45, 2.75) is 18.9 Å². The molecule has 1 aliphatic heterocycles. The number of anilines is 1. The molecule has 2 aromatic carbocycles. The molecule has 7 heteroatoms. The van der Waals surface area contributed by atoms with Gasteiger partial charge in [-0.15, -0.1) is 0 Å². The SMILES string of the molecule is CN1CCC(N(C)CCN(C)C(=O)Nc2ccc(Oc3ccc(C#N)cc3)cc2)CC1. The van der Waals surface area contributed by atoms with Crippen molar-refractivity contribution in [3.8, 4) is 17.6 Å². The second-order valence-corrected chi connectivity index (χ2v) is 8.13. The monoisotopic (exact) mass is 421 g/mol. The Labute approximate surface area is 184 Å². The van der Waals surface area contributed by atoms with Crippen LogP contribution in [0.4, 0.5) is 10.5 Å². The summed E-state index contributed by atoms with van der Waals surface area (Å²) in [5.41, 5.74) is 1.31. The van der Waals surface area contributed by atoms with Crippen LogP contribution in [-0.2, 0) is 0 Å². The third-order valence-corrected chi connectivity index (χ3v) is 5.77. The molecule has 1 N–H and O–H groups in total. The van der Waals surface area contributed by atoms with Gasteiger partial charge < -0.3 is 24.8 Å². The topological polar surface area (TPSA) is 71.8 Å². The Bertz CT molecular complexity index is 884. The summed E-state index contributed by atoms with van der Waals surface area (Å²) >= 11 is 0. The molecule has 1 heterocycles. The smallest absolute Gasteiger partial charge is 0.321 e. The number of likely N-dealkylation sites (tertiary alicyclic amines) is 1. The third kappa shape index (κ3) is 6.71. The van der Waals surface area contributed by atoms with Crippen LogP contribution < -0.4 is 10.1 Å². The van der Waals surface area contributed by atoms with Gasteiger partial charge in [-0.3, -0.25) is 0 Å². The zero-order valence-electron chi connectivity index (χ0n) is 18.5. The summed E-state index contributed by atoms with van der Waals surface area (Å²) in [6.07, 6.45) is 2.36. The molecule has 0 unspecified atom stereocenters. The molecule has 1 saturated heterocycles. The highest BCUT2D eigenvalue weighted by Gasteiger charge is 2.21. The van der Waals surface area contributed by atoms with E-state index in [2.05, 4.69) is 35.3 Å². The van der Waals surface area contributed by atoms with Crippen molar-refractivity contribution in [1.82, 2.24) is 14.7 Å². The summed E-state index contributed by atoms with van der Waals surface area (Å²) < 4.78 is 5.77. The fraction of sp³-hybridized carbons (Fsp3) is 0.417. The molecule has 0 radical (unpaired) electrons. The lowest BCUT2D eigenvalue weighted by Crippen LogP contribution is -2.45. The standard InChI is InChI=1S/C24H31N5O2/c1-27-14-12-21(13-15-27)28(2)16-17-29(3)24(30)26-20-6-10-23(11-7-20)31-22-8-4-19(18-25)5-9-22/h4-11,21H,12-17H2,1-3H3,(H,26,30). The number of rotatable bonds is 7. The van der Waals surface area contributed by atoms with Crippen LogP contribution in [0, 0.1) is 11.3 Å². The van der Waals surface area contributed by atoms with E-state index in [1.807, 2.05) is 31.3 Å². The molecule has 0 spiro atoms. The molecule has 0 aliphatic carbocycles. The Morgan fingerprint density at radius 2 is 1.65 bits per heavy atom. The molecular formula is C24H31N5O2. The van der Waals surface area contributed by atoms with Crippen molar-refractivity contribution in [2.24, 2.45) is 0 Å². The zero-order chi connectivity index (χ0) is 22.2. The van der Waals surface area contributed by atoms with E-state index >= 15 is 0 Å². The molecule has 31 heavy (non-hydrogen) atoms. The molecule has 1 aliphatic rings. The summed E-state index contributed by atoms with van der Waals surface area (Å²) in [5.74, 6) is 1.32. The number of nitriles is 1. The van der Waals surface area contributed by atoms with Crippen molar-refractivity contribution in [1.29, 1.82) is 5.26 Å². The number of nitrogens with one attached hydrogen (secondary N) is 1. The first kappa shape index (κ1) is 22.6. The number of benzene rings is 2. The molecule has 3 rings (SSSR count). The van der Waals surface area contributed by atoms with Gasteiger partial charge in [-0.05, 0) is 88.6 Å². The largest absolute Gasteiger partial charge is 0.457 e. The highest BCUT2D eigenvalue weighted by molar-refractivity contribution is 5.89. The van der Waals surface area contributed by atoms with Gasteiger partial charge in [0.15, 0.2) is 0 Å². The van der Waals surface area contributed by atoms with E-state index in [4.69, 9.17) is 10.00 Å². The molecule has 2 amide bonds. The van der Waals surface area contributed by atoms with E-state index in [0.29, 0.717) is 35.3 Å². The van der Waals surface area contributed by atoms with Crippen LogP contribution in [0.3, 0.4) is 0 Å². The number of nitrogens with zero attached hydrogens (tertiary/aromatic N) is 4. The number of hydrogen-bond donors (Lipinski definition) is 1. The minimum absolute atomic E-state index is 0.127. The van der Waals surface area contributed by atoms with E-state index in [-0.39, 0.29) is 6.03 Å². The highest BCUT2D eigenvalue weighted by atomic mass is 16.5. The van der Waals surface area contributed by atoms with Gasteiger partial charge in [-0.2, -0.15) is 5.26 Å². The van der Waals surface area contributed by atoms with Gasteiger partial charge in [-0.1, -0.05) is 0 Å². The summed E-state index contributed by atoms with van der Waals surface area (Å²) in [6, 6.07) is 16.7. The van der Waals surface area contributed by atoms with Crippen molar-refractivity contribution in [2.75, 3.05) is 52.6 Å². The highest BCUT2D eigenvalue weighted by Crippen LogP contribution is 2.23. The van der Waals surface area contributed by atoms with E-state index in [0.717, 1.165) is 19.6 Å². The number of carbonyl (C=O) groups excluding carboxylic acids is 1. The van der Waals surface area contributed by atoms with Crippen molar-refractivity contribution >= 4 is 11.7 Å². The van der Waals surface area contributed by atoms with Gasteiger partial charge in [0.25, 0.3) is 0 Å². The van der Waals surface area contributed by atoms with Crippen LogP contribution in [0.1, 0.15) is 18.4 Å². The van der Waals surface area contributed by atoms with Crippen LogP contribution in [0.2, 0.25) is 0 Å². The number of urea groups is 1. The molecular weight excluding hydrogens is 390 g/mol. The second-order valence-electron chi connectivity index (χ2n) is 8.13. The van der Waals surface area contributed by atoms with Crippen LogP contribution in [0.15, 0.2) is 48.5 Å². The Morgan fingerprint density at radius 1 is 1.06 bits per heavy atom. The first-order chi connectivity index (χ1) is 14.9. The van der Waals surface area contributed by atoms with Gasteiger partial charge in [0.05, 0.1) is 11.6 Å². The average molecular weight is 422 g/mol. The van der Waals surface area contributed by atoms with E-state index in [1.165, 1.54) is 12.8 Å². The van der Waals surface area contributed by atoms with E-state index in [1.54, 1.807) is 29.2 Å². The number of ether oxygens (including phenoxy) is 1. The molecule has 1 fully saturated rings. The number of piperidine rings is 1. The molecule has 2 aromatic rings. The summed E-state index contributed by atoms with van der Waals surface area (Å²) in [7, 11) is 6.13. The Hall–Kier alpha value is -3.08. The maximum Gasteiger partial charge on any atom is 0.321 e. The lowest BCUT2D eigenvalue weighted by molar-refractivity contribution is 0.136. The number of hydrogen-bond acceptors (Lipinski definition) is 5. The van der Waals surface area contributed by atoms with Gasteiger partial charge >= 0.3 is 6.03 Å². The van der Waals surface area contributed by atoms with Crippen LogP contribution in [0.5, 0.6) is 11.5 Å². The molecule has 0 atom stereocenters. The first-order valence-corrected chi connectivity index (χ1v) is 10.6. The molecule has 7 nitrogen and oxygen atoms in total.